The van der Waals surface area contributed by atoms with E-state index in [-0.39, 0.29) is 29.7 Å². The normalized spacial score (nSPS) is 15.4. The van der Waals surface area contributed by atoms with Crippen LogP contribution >= 0.6 is 0 Å². The third kappa shape index (κ3) is 4.82. The largest absolute Gasteiger partial charge is 0.497 e. The standard InChI is InChI=1S/C24H24FN3O5/c1-31-17-9-10-22(32-2)18(12-17)21-4-3-11-28(21)24-26-13-19(23(29)30)20(27-24)14-33-16-7-5-15(25)6-8-16/h5-10,12-13,21H,3-4,11,14H2,1-2H3,(H,29,30)/t21-/m1/s1. The molecule has 3 aromatic rings. The molecular formula is C24H24FN3O5. The van der Waals surface area contributed by atoms with Crippen molar-refractivity contribution in [1.82, 2.24) is 9.97 Å². The lowest BCUT2D eigenvalue weighted by molar-refractivity contribution is 0.0692. The molecule has 0 bridgehead atoms. The summed E-state index contributed by atoms with van der Waals surface area (Å²) in [5.41, 5.74) is 1.14. The fraction of sp³-hybridized carbons (Fsp3) is 0.292. The van der Waals surface area contributed by atoms with Gasteiger partial charge in [0.1, 0.15) is 35.2 Å². The monoisotopic (exact) mass is 453 g/mol. The molecule has 33 heavy (non-hydrogen) atoms. The van der Waals surface area contributed by atoms with E-state index in [1.807, 2.05) is 23.1 Å². The number of carboxylic acid groups (broad SMARTS) is 1. The van der Waals surface area contributed by atoms with E-state index < -0.39 is 5.97 Å². The van der Waals surface area contributed by atoms with Gasteiger partial charge in [-0.15, -0.1) is 0 Å². The minimum Gasteiger partial charge on any atom is -0.497 e. The van der Waals surface area contributed by atoms with Gasteiger partial charge >= 0.3 is 5.97 Å². The highest BCUT2D eigenvalue weighted by molar-refractivity contribution is 5.88. The van der Waals surface area contributed by atoms with Crippen molar-refractivity contribution in [3.8, 4) is 17.2 Å². The molecule has 1 aromatic heterocycles. The summed E-state index contributed by atoms with van der Waals surface area (Å²) in [5, 5.41) is 9.58. The molecule has 0 aliphatic carbocycles. The van der Waals surface area contributed by atoms with E-state index in [0.29, 0.717) is 24.0 Å². The van der Waals surface area contributed by atoms with Crippen molar-refractivity contribution < 1.29 is 28.5 Å². The van der Waals surface area contributed by atoms with Crippen LogP contribution in [0.3, 0.4) is 0 Å². The molecule has 2 heterocycles. The van der Waals surface area contributed by atoms with Gasteiger partial charge in [0, 0.05) is 18.3 Å². The Morgan fingerprint density at radius 1 is 1.15 bits per heavy atom. The van der Waals surface area contributed by atoms with E-state index in [1.54, 1.807) is 14.2 Å². The van der Waals surface area contributed by atoms with E-state index in [2.05, 4.69) is 9.97 Å². The summed E-state index contributed by atoms with van der Waals surface area (Å²) in [6.45, 7) is 0.611. The summed E-state index contributed by atoms with van der Waals surface area (Å²) in [4.78, 5) is 22.6. The third-order valence-electron chi connectivity index (χ3n) is 5.58. The number of nitrogens with zero attached hydrogens (tertiary/aromatic N) is 3. The predicted molar refractivity (Wildman–Crippen MR) is 119 cm³/mol. The summed E-state index contributed by atoms with van der Waals surface area (Å²) >= 11 is 0. The van der Waals surface area contributed by atoms with Crippen molar-refractivity contribution in [3.63, 3.8) is 0 Å². The number of anilines is 1. The molecule has 0 amide bonds. The first-order valence-corrected chi connectivity index (χ1v) is 10.5. The summed E-state index contributed by atoms with van der Waals surface area (Å²) in [6.07, 6.45) is 3.07. The van der Waals surface area contributed by atoms with Crippen LogP contribution in [0.4, 0.5) is 10.3 Å². The summed E-state index contributed by atoms with van der Waals surface area (Å²) in [7, 11) is 3.23. The Morgan fingerprint density at radius 2 is 1.91 bits per heavy atom. The van der Waals surface area contributed by atoms with Crippen molar-refractivity contribution in [2.24, 2.45) is 0 Å². The molecular weight excluding hydrogens is 429 g/mol. The second kappa shape index (κ2) is 9.72. The number of benzene rings is 2. The second-order valence-electron chi connectivity index (χ2n) is 7.54. The van der Waals surface area contributed by atoms with E-state index >= 15 is 0 Å². The van der Waals surface area contributed by atoms with Crippen LogP contribution in [0.2, 0.25) is 0 Å². The third-order valence-corrected chi connectivity index (χ3v) is 5.58. The van der Waals surface area contributed by atoms with Gasteiger partial charge in [-0.25, -0.2) is 19.2 Å². The Hall–Kier alpha value is -3.88. The fourth-order valence-corrected chi connectivity index (χ4v) is 3.95. The van der Waals surface area contributed by atoms with Gasteiger partial charge in [-0.1, -0.05) is 0 Å². The molecule has 0 saturated carbocycles. The van der Waals surface area contributed by atoms with Crippen molar-refractivity contribution in [1.29, 1.82) is 0 Å². The Kier molecular flexibility index (Phi) is 6.58. The van der Waals surface area contributed by atoms with Gasteiger partial charge < -0.3 is 24.2 Å². The van der Waals surface area contributed by atoms with Crippen molar-refractivity contribution in [3.05, 3.63) is 71.3 Å². The molecule has 1 N–H and O–H groups in total. The predicted octanol–water partition coefficient (Wildman–Crippen LogP) is 4.25. The van der Waals surface area contributed by atoms with Gasteiger partial charge in [0.2, 0.25) is 5.95 Å². The zero-order valence-corrected chi connectivity index (χ0v) is 18.3. The second-order valence-corrected chi connectivity index (χ2v) is 7.54. The first kappa shape index (κ1) is 22.3. The number of hydrogen-bond acceptors (Lipinski definition) is 7. The smallest absolute Gasteiger partial charge is 0.339 e. The highest BCUT2D eigenvalue weighted by atomic mass is 19.1. The molecule has 1 aliphatic heterocycles. The number of hydrogen-bond donors (Lipinski definition) is 1. The fourth-order valence-electron chi connectivity index (χ4n) is 3.95. The minimum atomic E-state index is -1.15. The Balaban J connectivity index is 1.64. The zero-order valence-electron chi connectivity index (χ0n) is 18.3. The van der Waals surface area contributed by atoms with Crippen LogP contribution in [-0.4, -0.2) is 41.8 Å². The van der Waals surface area contributed by atoms with Crippen LogP contribution in [0.15, 0.2) is 48.7 Å². The van der Waals surface area contributed by atoms with Crippen LogP contribution in [-0.2, 0) is 6.61 Å². The highest BCUT2D eigenvalue weighted by Crippen LogP contribution is 2.40. The van der Waals surface area contributed by atoms with Crippen molar-refractivity contribution in [2.75, 3.05) is 25.7 Å². The molecule has 8 nitrogen and oxygen atoms in total. The average Bonchev–Trinajstić information content (AvgIpc) is 3.33. The van der Waals surface area contributed by atoms with Gasteiger partial charge in [-0.2, -0.15) is 0 Å². The Labute approximate surface area is 190 Å². The maximum Gasteiger partial charge on any atom is 0.339 e. The zero-order chi connectivity index (χ0) is 23.4. The van der Waals surface area contributed by atoms with Crippen LogP contribution in [0.1, 0.15) is 40.5 Å². The molecule has 0 radical (unpaired) electrons. The molecule has 4 rings (SSSR count). The summed E-state index contributed by atoms with van der Waals surface area (Å²) < 4.78 is 29.8. The first-order valence-electron chi connectivity index (χ1n) is 10.5. The maximum absolute atomic E-state index is 13.1. The molecule has 1 atom stereocenters. The number of ether oxygens (including phenoxy) is 3. The van der Waals surface area contributed by atoms with E-state index in [9.17, 15) is 14.3 Å². The maximum atomic E-state index is 13.1. The molecule has 1 fully saturated rings. The lowest BCUT2D eigenvalue weighted by Gasteiger charge is -2.27. The van der Waals surface area contributed by atoms with Crippen LogP contribution < -0.4 is 19.1 Å². The van der Waals surface area contributed by atoms with Gasteiger partial charge in [0.05, 0.1) is 26.0 Å². The number of rotatable bonds is 8. The van der Waals surface area contributed by atoms with Crippen molar-refractivity contribution >= 4 is 11.9 Å². The van der Waals surface area contributed by atoms with Gasteiger partial charge in [-0.05, 0) is 55.3 Å². The van der Waals surface area contributed by atoms with E-state index in [0.717, 1.165) is 24.2 Å². The van der Waals surface area contributed by atoms with Crippen LogP contribution in [0, 0.1) is 5.82 Å². The number of carbonyl (C=O) groups is 1. The first-order chi connectivity index (χ1) is 16.0. The van der Waals surface area contributed by atoms with Crippen LogP contribution in [0.5, 0.6) is 17.2 Å². The molecule has 0 unspecified atom stereocenters. The minimum absolute atomic E-state index is 0.0458. The van der Waals surface area contributed by atoms with Crippen LogP contribution in [0.25, 0.3) is 0 Å². The number of carboxylic acids is 1. The van der Waals surface area contributed by atoms with E-state index in [1.165, 1.54) is 30.5 Å². The lowest BCUT2D eigenvalue weighted by atomic mass is 10.0. The van der Waals surface area contributed by atoms with Gasteiger partial charge in [0.15, 0.2) is 0 Å². The number of aromatic nitrogens is 2. The Bertz CT molecular complexity index is 1140. The molecule has 0 spiro atoms. The summed E-state index contributed by atoms with van der Waals surface area (Å²) in [5.74, 6) is 0.735. The average molecular weight is 453 g/mol. The number of methoxy groups -OCH3 is 2. The number of halogens is 1. The lowest BCUT2D eigenvalue weighted by Crippen LogP contribution is -2.26. The van der Waals surface area contributed by atoms with Gasteiger partial charge in [0.25, 0.3) is 0 Å². The number of aromatic carboxylic acids is 1. The van der Waals surface area contributed by atoms with Gasteiger partial charge in [-0.3, -0.25) is 0 Å². The highest BCUT2D eigenvalue weighted by Gasteiger charge is 2.31. The quantitative estimate of drug-likeness (QED) is 0.541. The summed E-state index contributed by atoms with van der Waals surface area (Å²) in [6, 6.07) is 11.1. The van der Waals surface area contributed by atoms with E-state index in [4.69, 9.17) is 14.2 Å². The molecule has 1 aliphatic rings. The molecule has 1 saturated heterocycles. The molecule has 9 heteroatoms. The molecule has 2 aromatic carbocycles. The Morgan fingerprint density at radius 3 is 2.61 bits per heavy atom. The molecule has 172 valence electrons. The topological polar surface area (TPSA) is 94.0 Å². The SMILES string of the molecule is COc1ccc(OC)c([C@H]2CCCN2c2ncc(C(=O)O)c(COc3ccc(F)cc3)n2)c1. The van der Waals surface area contributed by atoms with Crippen molar-refractivity contribution in [2.45, 2.75) is 25.5 Å².